The van der Waals surface area contributed by atoms with Crippen LogP contribution < -0.4 is 5.32 Å². The molecule has 0 bridgehead atoms. The van der Waals surface area contributed by atoms with E-state index >= 15 is 0 Å². The number of nitrogens with one attached hydrogen (secondary N) is 1. The highest BCUT2D eigenvalue weighted by Crippen LogP contribution is 2.29. The largest absolute Gasteiger partial charge is 0.508 e. The monoisotopic (exact) mass is 327 g/mol. The zero-order chi connectivity index (χ0) is 17.2. The third-order valence-corrected chi connectivity index (χ3v) is 3.31. The number of amides is 1. The van der Waals surface area contributed by atoms with Gasteiger partial charge in [0.15, 0.2) is 5.82 Å². The summed E-state index contributed by atoms with van der Waals surface area (Å²) in [6.45, 7) is 1.72. The van der Waals surface area contributed by atoms with E-state index in [2.05, 4.69) is 10.3 Å². The van der Waals surface area contributed by atoms with Crippen molar-refractivity contribution in [2.45, 2.75) is 25.6 Å². The molecule has 5 nitrogen and oxygen atoms in total. The van der Waals surface area contributed by atoms with Gasteiger partial charge in [-0.1, -0.05) is 12.1 Å². The topological polar surface area (TPSA) is 67.2 Å². The molecule has 1 aromatic carbocycles. The van der Waals surface area contributed by atoms with Gasteiger partial charge in [-0.2, -0.15) is 13.2 Å². The third kappa shape index (κ3) is 4.02. The predicted molar refractivity (Wildman–Crippen MR) is 76.9 cm³/mol. The Labute approximate surface area is 130 Å². The fourth-order valence-corrected chi connectivity index (χ4v) is 2.26. The molecule has 2 aromatic rings. The molecule has 0 fully saturated rings. The number of nitrogens with zero attached hydrogens (tertiary/aromatic N) is 2. The van der Waals surface area contributed by atoms with Gasteiger partial charge in [-0.25, -0.2) is 4.98 Å². The number of aromatic nitrogens is 2. The molecule has 0 saturated heterocycles. The molecule has 1 heterocycles. The normalized spacial score (nSPS) is 12.9. The first-order chi connectivity index (χ1) is 10.7. The number of halogens is 3. The lowest BCUT2D eigenvalue weighted by atomic mass is 10.1. The van der Waals surface area contributed by atoms with E-state index in [9.17, 15) is 23.1 Å². The molecule has 8 heteroatoms. The van der Waals surface area contributed by atoms with Gasteiger partial charge in [0.2, 0.25) is 0 Å². The van der Waals surface area contributed by atoms with Crippen molar-refractivity contribution in [3.05, 3.63) is 47.5 Å². The summed E-state index contributed by atoms with van der Waals surface area (Å²) in [6.07, 6.45) is -3.50. The molecule has 1 atom stereocenters. The van der Waals surface area contributed by atoms with Crippen LogP contribution >= 0.6 is 0 Å². The summed E-state index contributed by atoms with van der Waals surface area (Å²) >= 11 is 0. The van der Waals surface area contributed by atoms with E-state index in [4.69, 9.17) is 0 Å². The lowest BCUT2D eigenvalue weighted by molar-refractivity contribution is -0.143. The van der Waals surface area contributed by atoms with Gasteiger partial charge < -0.3 is 15.0 Å². The van der Waals surface area contributed by atoms with E-state index in [1.54, 1.807) is 25.1 Å². The average molecular weight is 327 g/mol. The Morgan fingerprint density at radius 2 is 2.13 bits per heavy atom. The van der Waals surface area contributed by atoms with Crippen LogP contribution in [-0.2, 0) is 19.6 Å². The van der Waals surface area contributed by atoms with Crippen LogP contribution in [0, 0.1) is 0 Å². The van der Waals surface area contributed by atoms with Gasteiger partial charge in [-0.05, 0) is 31.0 Å². The van der Waals surface area contributed by atoms with Crippen molar-refractivity contribution in [3.8, 4) is 5.75 Å². The number of benzene rings is 1. The minimum absolute atomic E-state index is 0.111. The van der Waals surface area contributed by atoms with E-state index in [1.165, 1.54) is 6.07 Å². The smallest absolute Gasteiger partial charge is 0.433 e. The van der Waals surface area contributed by atoms with Crippen LogP contribution in [0.2, 0.25) is 0 Å². The van der Waals surface area contributed by atoms with Crippen LogP contribution in [0.4, 0.5) is 13.2 Å². The molecule has 0 aliphatic carbocycles. The molecule has 2 rings (SSSR count). The average Bonchev–Trinajstić information content (AvgIpc) is 2.80. The molecule has 2 N–H and O–H groups in total. The summed E-state index contributed by atoms with van der Waals surface area (Å²) in [4.78, 5) is 15.6. The van der Waals surface area contributed by atoms with Crippen molar-refractivity contribution in [2.75, 3.05) is 0 Å². The zero-order valence-corrected chi connectivity index (χ0v) is 12.6. The van der Waals surface area contributed by atoms with Gasteiger partial charge in [0, 0.05) is 13.1 Å². The molecule has 1 unspecified atom stereocenters. The van der Waals surface area contributed by atoms with Crippen LogP contribution in [-0.4, -0.2) is 26.6 Å². The number of hydrogen-bond donors (Lipinski definition) is 2. The Balaban J connectivity index is 2.06. The summed E-state index contributed by atoms with van der Waals surface area (Å²) in [5.41, 5.74) is -0.183. The van der Waals surface area contributed by atoms with Gasteiger partial charge in [0.1, 0.15) is 11.4 Å². The van der Waals surface area contributed by atoms with Crippen molar-refractivity contribution < 1.29 is 23.1 Å². The van der Waals surface area contributed by atoms with Crippen molar-refractivity contribution in [1.82, 2.24) is 14.9 Å². The standard InChI is InChI=1S/C15H16F3N3O2/c1-9(6-10-4-3-5-11(22)7-10)20-14(23)13-19-8-12(21(13)2)15(16,17)18/h3-5,7-9,22H,6H2,1-2H3,(H,20,23). The maximum atomic E-state index is 12.7. The van der Waals surface area contributed by atoms with Crippen molar-refractivity contribution in [2.24, 2.45) is 7.05 Å². The molecule has 0 radical (unpaired) electrons. The van der Waals surface area contributed by atoms with Crippen molar-refractivity contribution >= 4 is 5.91 Å². The second-order valence-electron chi connectivity index (χ2n) is 5.27. The lowest BCUT2D eigenvalue weighted by Gasteiger charge is -2.14. The molecule has 0 spiro atoms. The summed E-state index contributed by atoms with van der Waals surface area (Å²) in [7, 11) is 1.14. The predicted octanol–water partition coefficient (Wildman–Crippen LogP) is 2.51. The molecular formula is C15H16F3N3O2. The van der Waals surface area contributed by atoms with Crippen LogP contribution in [0.3, 0.4) is 0 Å². The number of carbonyl (C=O) groups excluding carboxylic acids is 1. The fourth-order valence-electron chi connectivity index (χ4n) is 2.26. The number of imidazole rings is 1. The van der Waals surface area contributed by atoms with Crippen LogP contribution in [0.1, 0.15) is 28.8 Å². The quantitative estimate of drug-likeness (QED) is 0.907. The number of rotatable bonds is 4. The second-order valence-corrected chi connectivity index (χ2v) is 5.27. The van der Waals surface area contributed by atoms with Gasteiger partial charge in [-0.15, -0.1) is 0 Å². The number of alkyl halides is 3. The highest BCUT2D eigenvalue weighted by atomic mass is 19.4. The van der Waals surface area contributed by atoms with Gasteiger partial charge in [-0.3, -0.25) is 4.79 Å². The zero-order valence-electron chi connectivity index (χ0n) is 12.6. The van der Waals surface area contributed by atoms with E-state index < -0.39 is 17.8 Å². The Bertz CT molecular complexity index is 710. The van der Waals surface area contributed by atoms with E-state index in [1.807, 2.05) is 0 Å². The molecule has 1 aromatic heterocycles. The van der Waals surface area contributed by atoms with E-state index in [0.717, 1.165) is 17.2 Å². The summed E-state index contributed by atoms with van der Waals surface area (Å²) in [5, 5.41) is 12.0. The van der Waals surface area contributed by atoms with E-state index in [0.29, 0.717) is 12.6 Å². The Morgan fingerprint density at radius 1 is 1.43 bits per heavy atom. The minimum Gasteiger partial charge on any atom is -0.508 e. The highest BCUT2D eigenvalue weighted by Gasteiger charge is 2.36. The maximum Gasteiger partial charge on any atom is 0.433 e. The first-order valence-electron chi connectivity index (χ1n) is 6.86. The molecule has 124 valence electrons. The Hall–Kier alpha value is -2.51. The first kappa shape index (κ1) is 16.9. The SMILES string of the molecule is CC(Cc1cccc(O)c1)NC(=O)c1ncc(C(F)(F)F)n1C. The second kappa shape index (κ2) is 6.31. The molecular weight excluding hydrogens is 311 g/mol. The number of aromatic hydroxyl groups is 1. The number of carbonyl (C=O) groups is 1. The molecule has 1 amide bonds. The summed E-state index contributed by atoms with van der Waals surface area (Å²) < 4.78 is 38.8. The Kier molecular flexibility index (Phi) is 4.63. The first-order valence-corrected chi connectivity index (χ1v) is 6.86. The highest BCUT2D eigenvalue weighted by molar-refractivity contribution is 5.91. The molecule has 0 aliphatic rings. The fraction of sp³-hybridized carbons (Fsp3) is 0.333. The number of hydrogen-bond acceptors (Lipinski definition) is 3. The molecule has 0 aliphatic heterocycles. The molecule has 0 saturated carbocycles. The van der Waals surface area contributed by atoms with Crippen molar-refractivity contribution in [3.63, 3.8) is 0 Å². The summed E-state index contributed by atoms with van der Waals surface area (Å²) in [6, 6.07) is 6.21. The van der Waals surface area contributed by atoms with Crippen molar-refractivity contribution in [1.29, 1.82) is 0 Å². The maximum absolute atomic E-state index is 12.7. The molecule has 23 heavy (non-hydrogen) atoms. The van der Waals surface area contributed by atoms with E-state index in [-0.39, 0.29) is 17.6 Å². The van der Waals surface area contributed by atoms with Crippen LogP contribution in [0.25, 0.3) is 0 Å². The summed E-state index contributed by atoms with van der Waals surface area (Å²) in [5.74, 6) is -0.879. The number of phenolic OH excluding ortho intramolecular Hbond substituents is 1. The van der Waals surface area contributed by atoms with Gasteiger partial charge in [0.05, 0.1) is 6.20 Å². The minimum atomic E-state index is -4.56. The van der Waals surface area contributed by atoms with Gasteiger partial charge >= 0.3 is 6.18 Å². The third-order valence-electron chi connectivity index (χ3n) is 3.31. The Morgan fingerprint density at radius 3 is 2.70 bits per heavy atom. The lowest BCUT2D eigenvalue weighted by Crippen LogP contribution is -2.35. The van der Waals surface area contributed by atoms with Crippen LogP contribution in [0.15, 0.2) is 30.5 Å². The van der Waals surface area contributed by atoms with Crippen LogP contribution in [0.5, 0.6) is 5.75 Å². The number of phenols is 1. The van der Waals surface area contributed by atoms with Gasteiger partial charge in [0.25, 0.3) is 5.91 Å².